The van der Waals surface area contributed by atoms with E-state index in [1.54, 1.807) is 0 Å². The minimum Gasteiger partial charge on any atom is -0.396 e. The number of aliphatic hydroxyl groups excluding tert-OH is 1. The van der Waals surface area contributed by atoms with E-state index in [1.807, 2.05) is 0 Å². The van der Waals surface area contributed by atoms with Crippen molar-refractivity contribution in [3.05, 3.63) is 0 Å². The fourth-order valence-corrected chi connectivity index (χ4v) is 2.66. The molecule has 0 spiro atoms. The summed E-state index contributed by atoms with van der Waals surface area (Å²) in [5.41, 5.74) is 0.244. The summed E-state index contributed by atoms with van der Waals surface area (Å²) in [5.74, 6) is 0.599. The van der Waals surface area contributed by atoms with Crippen molar-refractivity contribution in [2.45, 2.75) is 59.1 Å². The number of hydrogen-bond donors (Lipinski definition) is 2. The van der Waals surface area contributed by atoms with Crippen molar-refractivity contribution in [2.24, 2.45) is 11.3 Å². The summed E-state index contributed by atoms with van der Waals surface area (Å²) >= 11 is 0. The second-order valence-electron chi connectivity index (χ2n) is 5.75. The third-order valence-electron chi connectivity index (χ3n) is 4.31. The van der Waals surface area contributed by atoms with Crippen molar-refractivity contribution in [2.75, 3.05) is 19.8 Å². The average molecular weight is 243 g/mol. The quantitative estimate of drug-likeness (QED) is 0.686. The molecule has 1 rings (SSSR count). The summed E-state index contributed by atoms with van der Waals surface area (Å²) in [7, 11) is 0. The topological polar surface area (TPSA) is 41.5 Å². The smallest absolute Gasteiger partial charge is 0.0655 e. The maximum absolute atomic E-state index is 8.97. The molecular weight excluding hydrogens is 214 g/mol. The van der Waals surface area contributed by atoms with Crippen molar-refractivity contribution in [3.63, 3.8) is 0 Å². The van der Waals surface area contributed by atoms with Gasteiger partial charge in [0.15, 0.2) is 0 Å². The molecule has 0 radical (unpaired) electrons. The highest BCUT2D eigenvalue weighted by molar-refractivity contribution is 5.02. The van der Waals surface area contributed by atoms with Crippen LogP contribution in [-0.2, 0) is 4.74 Å². The Labute approximate surface area is 106 Å². The zero-order valence-electron chi connectivity index (χ0n) is 11.8. The SMILES string of the molecule is CCOC1CC(NCC(CC)CCO)C1(C)C. The number of hydrogen-bond acceptors (Lipinski definition) is 3. The van der Waals surface area contributed by atoms with E-state index in [0.717, 1.165) is 32.4 Å². The lowest BCUT2D eigenvalue weighted by Crippen LogP contribution is -2.61. The van der Waals surface area contributed by atoms with E-state index < -0.39 is 0 Å². The molecule has 1 aliphatic carbocycles. The molecule has 102 valence electrons. The van der Waals surface area contributed by atoms with Gasteiger partial charge in [-0.25, -0.2) is 0 Å². The lowest BCUT2D eigenvalue weighted by Gasteiger charge is -2.52. The van der Waals surface area contributed by atoms with Crippen LogP contribution in [0.3, 0.4) is 0 Å². The van der Waals surface area contributed by atoms with Crippen molar-refractivity contribution in [1.82, 2.24) is 5.32 Å². The highest BCUT2D eigenvalue weighted by Crippen LogP contribution is 2.42. The molecule has 0 aromatic rings. The minimum absolute atomic E-state index is 0.244. The fraction of sp³-hybridized carbons (Fsp3) is 1.00. The molecule has 0 amide bonds. The molecule has 2 N–H and O–H groups in total. The second-order valence-corrected chi connectivity index (χ2v) is 5.75. The largest absolute Gasteiger partial charge is 0.396 e. The van der Waals surface area contributed by atoms with Gasteiger partial charge in [-0.05, 0) is 32.2 Å². The predicted octanol–water partition coefficient (Wildman–Crippen LogP) is 2.19. The number of rotatable bonds is 8. The van der Waals surface area contributed by atoms with Crippen LogP contribution in [0.4, 0.5) is 0 Å². The lowest BCUT2D eigenvalue weighted by atomic mass is 9.64. The van der Waals surface area contributed by atoms with Crippen molar-refractivity contribution >= 4 is 0 Å². The molecule has 0 bridgehead atoms. The molecule has 0 aliphatic heterocycles. The first-order chi connectivity index (χ1) is 8.06. The molecule has 3 heteroatoms. The summed E-state index contributed by atoms with van der Waals surface area (Å²) in [4.78, 5) is 0. The first kappa shape index (κ1) is 14.9. The van der Waals surface area contributed by atoms with Gasteiger partial charge in [-0.2, -0.15) is 0 Å². The van der Waals surface area contributed by atoms with Crippen LogP contribution in [0.5, 0.6) is 0 Å². The van der Waals surface area contributed by atoms with Gasteiger partial charge in [0.25, 0.3) is 0 Å². The van der Waals surface area contributed by atoms with Gasteiger partial charge in [0.2, 0.25) is 0 Å². The second kappa shape index (κ2) is 6.72. The predicted molar refractivity (Wildman–Crippen MR) is 71.1 cm³/mol. The molecule has 1 aliphatic rings. The molecule has 17 heavy (non-hydrogen) atoms. The Kier molecular flexibility index (Phi) is 5.90. The summed E-state index contributed by atoms with van der Waals surface area (Å²) in [6, 6.07) is 0.562. The third kappa shape index (κ3) is 3.67. The van der Waals surface area contributed by atoms with Crippen LogP contribution in [0.2, 0.25) is 0 Å². The van der Waals surface area contributed by atoms with Crippen LogP contribution in [0, 0.1) is 11.3 Å². The molecule has 3 unspecified atom stereocenters. The van der Waals surface area contributed by atoms with E-state index in [0.29, 0.717) is 24.7 Å². The van der Waals surface area contributed by atoms with Gasteiger partial charge in [0.1, 0.15) is 0 Å². The van der Waals surface area contributed by atoms with Crippen LogP contribution in [-0.4, -0.2) is 37.0 Å². The average Bonchev–Trinajstić information content (AvgIpc) is 2.31. The van der Waals surface area contributed by atoms with Crippen molar-refractivity contribution < 1.29 is 9.84 Å². The summed E-state index contributed by atoms with van der Waals surface area (Å²) in [5, 5.41) is 12.6. The van der Waals surface area contributed by atoms with Crippen molar-refractivity contribution in [1.29, 1.82) is 0 Å². The minimum atomic E-state index is 0.244. The number of ether oxygens (including phenoxy) is 1. The maximum Gasteiger partial charge on any atom is 0.0655 e. The molecule has 0 heterocycles. The van der Waals surface area contributed by atoms with Crippen LogP contribution in [0.1, 0.15) is 47.0 Å². The first-order valence-electron chi connectivity index (χ1n) is 7.02. The van der Waals surface area contributed by atoms with Crippen LogP contribution in [0.25, 0.3) is 0 Å². The van der Waals surface area contributed by atoms with E-state index in [4.69, 9.17) is 9.84 Å². The summed E-state index contributed by atoms with van der Waals surface area (Å²) in [6.45, 7) is 10.9. The van der Waals surface area contributed by atoms with E-state index in [9.17, 15) is 0 Å². The molecule has 0 aromatic heterocycles. The lowest BCUT2D eigenvalue weighted by molar-refractivity contribution is -0.114. The Balaban J connectivity index is 2.29. The van der Waals surface area contributed by atoms with E-state index >= 15 is 0 Å². The highest BCUT2D eigenvalue weighted by atomic mass is 16.5. The van der Waals surface area contributed by atoms with Gasteiger partial charge in [0, 0.05) is 24.7 Å². The monoisotopic (exact) mass is 243 g/mol. The highest BCUT2D eigenvalue weighted by Gasteiger charge is 2.48. The van der Waals surface area contributed by atoms with E-state index in [2.05, 4.69) is 33.0 Å². The van der Waals surface area contributed by atoms with Gasteiger partial charge in [-0.3, -0.25) is 0 Å². The molecule has 1 fully saturated rings. The Morgan fingerprint density at radius 1 is 1.41 bits per heavy atom. The molecule has 0 aromatic carbocycles. The van der Waals surface area contributed by atoms with Crippen LogP contribution < -0.4 is 5.32 Å². The van der Waals surface area contributed by atoms with Gasteiger partial charge < -0.3 is 15.2 Å². The Morgan fingerprint density at radius 3 is 2.59 bits per heavy atom. The molecule has 3 atom stereocenters. The number of aliphatic hydroxyl groups is 1. The van der Waals surface area contributed by atoms with Gasteiger partial charge in [-0.1, -0.05) is 27.2 Å². The maximum atomic E-state index is 8.97. The molecule has 3 nitrogen and oxygen atoms in total. The normalized spacial score (nSPS) is 28.8. The first-order valence-corrected chi connectivity index (χ1v) is 7.02. The van der Waals surface area contributed by atoms with Gasteiger partial charge in [-0.15, -0.1) is 0 Å². The molecular formula is C14H29NO2. The fourth-order valence-electron chi connectivity index (χ4n) is 2.66. The Hall–Kier alpha value is -0.120. The standard InChI is InChI=1S/C14H29NO2/c1-5-11(7-8-16)10-15-12-9-13(17-6-2)14(12,3)4/h11-13,15-16H,5-10H2,1-4H3. The zero-order valence-corrected chi connectivity index (χ0v) is 11.8. The zero-order chi connectivity index (χ0) is 12.9. The molecule has 1 saturated carbocycles. The van der Waals surface area contributed by atoms with Crippen LogP contribution in [0.15, 0.2) is 0 Å². The van der Waals surface area contributed by atoms with Crippen LogP contribution >= 0.6 is 0 Å². The summed E-state index contributed by atoms with van der Waals surface area (Å²) < 4.78 is 5.72. The summed E-state index contributed by atoms with van der Waals surface area (Å²) in [6.07, 6.45) is 3.57. The van der Waals surface area contributed by atoms with Crippen molar-refractivity contribution in [3.8, 4) is 0 Å². The molecule has 0 saturated heterocycles. The number of nitrogens with one attached hydrogen (secondary N) is 1. The third-order valence-corrected chi connectivity index (χ3v) is 4.31. The van der Waals surface area contributed by atoms with E-state index in [-0.39, 0.29) is 5.41 Å². The Morgan fingerprint density at radius 2 is 2.12 bits per heavy atom. The van der Waals surface area contributed by atoms with Gasteiger partial charge in [0.05, 0.1) is 6.10 Å². The van der Waals surface area contributed by atoms with E-state index in [1.165, 1.54) is 0 Å². The Bertz CT molecular complexity index is 218. The van der Waals surface area contributed by atoms with Gasteiger partial charge >= 0.3 is 0 Å².